The number of H-pyrrole nitrogens is 1. The lowest BCUT2D eigenvalue weighted by molar-refractivity contribution is -0.121. The molecule has 1 amide bonds. The number of nitrogens with zero attached hydrogens (tertiary/aromatic N) is 3. The van der Waals surface area contributed by atoms with Gasteiger partial charge in [0, 0.05) is 24.6 Å². The van der Waals surface area contributed by atoms with Gasteiger partial charge in [0.1, 0.15) is 5.84 Å². The third-order valence-electron chi connectivity index (χ3n) is 5.13. The second-order valence-corrected chi connectivity index (χ2v) is 9.50. The van der Waals surface area contributed by atoms with Gasteiger partial charge in [-0.1, -0.05) is 18.6 Å². The summed E-state index contributed by atoms with van der Waals surface area (Å²) in [5, 5.41) is 9.89. The van der Waals surface area contributed by atoms with Crippen molar-refractivity contribution in [2.24, 2.45) is 4.99 Å². The number of amides is 1. The van der Waals surface area contributed by atoms with E-state index in [4.69, 9.17) is 12.2 Å². The van der Waals surface area contributed by atoms with E-state index < -0.39 is 10.0 Å². The molecule has 0 bridgehead atoms. The molecule has 1 aliphatic carbocycles. The number of hydrogen-bond donors (Lipinski definition) is 3. The number of carbonyl (C=O) groups is 1. The first-order valence-electron chi connectivity index (χ1n) is 10.0. The third kappa shape index (κ3) is 4.62. The molecule has 3 N–H and O–H groups in total. The minimum absolute atomic E-state index is 0.0185. The Labute approximate surface area is 180 Å². The molecule has 11 heteroatoms. The van der Waals surface area contributed by atoms with Crippen LogP contribution in [0.5, 0.6) is 0 Å². The van der Waals surface area contributed by atoms with Crippen molar-refractivity contribution in [2.75, 3.05) is 6.54 Å². The van der Waals surface area contributed by atoms with Crippen LogP contribution in [0.4, 0.5) is 0 Å². The lowest BCUT2D eigenvalue weighted by Crippen LogP contribution is -2.24. The average molecular weight is 449 g/mol. The molecule has 1 fully saturated rings. The summed E-state index contributed by atoms with van der Waals surface area (Å²) in [7, 11) is -3.50. The van der Waals surface area contributed by atoms with Crippen LogP contribution in [0.25, 0.3) is 0 Å². The molecule has 2 aromatic rings. The summed E-state index contributed by atoms with van der Waals surface area (Å²) in [6.45, 7) is 0.875. The Balaban J connectivity index is 1.17. The van der Waals surface area contributed by atoms with E-state index in [-0.39, 0.29) is 10.8 Å². The summed E-state index contributed by atoms with van der Waals surface area (Å²) in [6.07, 6.45) is 4.99. The molecule has 0 atom stereocenters. The first-order valence-corrected chi connectivity index (χ1v) is 11.9. The number of amidine groups is 1. The number of aromatic amines is 1. The fourth-order valence-electron chi connectivity index (χ4n) is 3.45. The second-order valence-electron chi connectivity index (χ2n) is 7.47. The van der Waals surface area contributed by atoms with Gasteiger partial charge in [-0.05, 0) is 50.0 Å². The van der Waals surface area contributed by atoms with Crippen LogP contribution in [0, 0.1) is 4.77 Å². The molecule has 0 unspecified atom stereocenters. The molecule has 1 aromatic heterocycles. The first kappa shape index (κ1) is 20.7. The molecule has 2 heterocycles. The zero-order valence-corrected chi connectivity index (χ0v) is 18.1. The van der Waals surface area contributed by atoms with Crippen molar-refractivity contribution < 1.29 is 13.2 Å². The summed E-state index contributed by atoms with van der Waals surface area (Å²) in [5.74, 6) is 1.15. The molecule has 1 aliphatic heterocycles. The van der Waals surface area contributed by atoms with E-state index in [1.807, 2.05) is 4.57 Å². The number of hydrogen-bond acceptors (Lipinski definition) is 6. The molecule has 1 aromatic carbocycles. The van der Waals surface area contributed by atoms with E-state index in [1.54, 1.807) is 24.3 Å². The van der Waals surface area contributed by atoms with E-state index in [1.165, 1.54) is 0 Å². The van der Waals surface area contributed by atoms with Crippen LogP contribution in [0.2, 0.25) is 0 Å². The number of fused-ring (bicyclic) bond motifs is 1. The summed E-state index contributed by atoms with van der Waals surface area (Å²) in [5.41, 5.74) is 0.612. The molecule has 4 rings (SSSR count). The van der Waals surface area contributed by atoms with E-state index >= 15 is 0 Å². The zero-order valence-electron chi connectivity index (χ0n) is 16.4. The Kier molecular flexibility index (Phi) is 6.00. The zero-order chi connectivity index (χ0) is 21.1. The van der Waals surface area contributed by atoms with Gasteiger partial charge in [0.2, 0.25) is 5.91 Å². The van der Waals surface area contributed by atoms with Gasteiger partial charge >= 0.3 is 0 Å². The Morgan fingerprint density at radius 3 is 2.87 bits per heavy atom. The standard InChI is InChI=1S/C19H24N6O3S2/c26-17(21-12-16-22-23-19(29)25(16)13-9-10-13)8-2-1-5-11-20-18-14-6-3-4-7-15(14)30(27,28)24-18/h3-4,6-7,13H,1-2,5,8-12H2,(H,20,24)(H,21,26)(H,23,29). The minimum atomic E-state index is -3.50. The number of aromatic nitrogens is 3. The van der Waals surface area contributed by atoms with Crippen LogP contribution in [-0.2, 0) is 21.4 Å². The molecule has 0 saturated heterocycles. The van der Waals surface area contributed by atoms with Gasteiger partial charge in [0.15, 0.2) is 10.6 Å². The number of carbonyl (C=O) groups excluding carboxylic acids is 1. The molecule has 9 nitrogen and oxygen atoms in total. The van der Waals surface area contributed by atoms with E-state index in [0.717, 1.165) is 37.9 Å². The molecular formula is C19H24N6O3S2. The van der Waals surface area contributed by atoms with Crippen molar-refractivity contribution >= 4 is 34.0 Å². The number of benzene rings is 1. The first-order chi connectivity index (χ1) is 14.5. The number of rotatable bonds is 9. The lowest BCUT2D eigenvalue weighted by atomic mass is 10.2. The van der Waals surface area contributed by atoms with Crippen molar-refractivity contribution in [3.63, 3.8) is 0 Å². The normalized spacial score (nSPS) is 18.2. The van der Waals surface area contributed by atoms with Crippen LogP contribution in [0.15, 0.2) is 34.2 Å². The van der Waals surface area contributed by atoms with Crippen LogP contribution < -0.4 is 10.0 Å². The van der Waals surface area contributed by atoms with Gasteiger partial charge in [-0.3, -0.25) is 24.2 Å². The Morgan fingerprint density at radius 1 is 1.27 bits per heavy atom. The van der Waals surface area contributed by atoms with E-state index in [2.05, 4.69) is 25.2 Å². The fraction of sp³-hybridized carbons (Fsp3) is 0.474. The highest BCUT2D eigenvalue weighted by Crippen LogP contribution is 2.35. The molecule has 30 heavy (non-hydrogen) atoms. The minimum Gasteiger partial charge on any atom is -0.349 e. The van der Waals surface area contributed by atoms with Crippen LogP contribution >= 0.6 is 12.2 Å². The molecule has 0 radical (unpaired) electrons. The maximum atomic E-state index is 12.1. The highest BCUT2D eigenvalue weighted by Gasteiger charge is 2.30. The highest BCUT2D eigenvalue weighted by atomic mass is 32.2. The van der Waals surface area contributed by atoms with Crippen molar-refractivity contribution in [3.05, 3.63) is 40.4 Å². The van der Waals surface area contributed by atoms with Gasteiger partial charge < -0.3 is 5.32 Å². The Bertz CT molecular complexity index is 1130. The van der Waals surface area contributed by atoms with Gasteiger partial charge in [-0.25, -0.2) is 8.42 Å². The second kappa shape index (κ2) is 8.68. The Morgan fingerprint density at radius 2 is 2.07 bits per heavy atom. The van der Waals surface area contributed by atoms with Gasteiger partial charge in [-0.15, -0.1) is 0 Å². The van der Waals surface area contributed by atoms with Crippen LogP contribution in [0.1, 0.15) is 56.0 Å². The van der Waals surface area contributed by atoms with E-state index in [9.17, 15) is 13.2 Å². The number of sulfonamides is 1. The third-order valence-corrected chi connectivity index (χ3v) is 6.81. The molecule has 0 spiro atoms. The number of nitrogens with one attached hydrogen (secondary N) is 3. The van der Waals surface area contributed by atoms with Crippen molar-refractivity contribution in [2.45, 2.75) is 56.0 Å². The smallest absolute Gasteiger partial charge is 0.263 e. The van der Waals surface area contributed by atoms with Crippen molar-refractivity contribution in [1.29, 1.82) is 0 Å². The van der Waals surface area contributed by atoms with Gasteiger partial charge in [0.05, 0.1) is 11.4 Å². The van der Waals surface area contributed by atoms with E-state index in [0.29, 0.717) is 41.7 Å². The molecule has 160 valence electrons. The maximum absolute atomic E-state index is 12.1. The predicted molar refractivity (Wildman–Crippen MR) is 114 cm³/mol. The quantitative estimate of drug-likeness (QED) is 0.401. The fourth-order valence-corrected chi connectivity index (χ4v) is 5.00. The summed E-state index contributed by atoms with van der Waals surface area (Å²) in [6, 6.07) is 7.22. The number of aliphatic imine (C=N–C) groups is 1. The Hall–Kier alpha value is -2.53. The van der Waals surface area contributed by atoms with Gasteiger partial charge in [0.25, 0.3) is 10.0 Å². The average Bonchev–Trinajstić information content (AvgIpc) is 3.44. The summed E-state index contributed by atoms with van der Waals surface area (Å²) in [4.78, 5) is 16.7. The van der Waals surface area contributed by atoms with Crippen LogP contribution in [-0.4, -0.2) is 41.5 Å². The lowest BCUT2D eigenvalue weighted by Gasteiger charge is -2.07. The predicted octanol–water partition coefficient (Wildman–Crippen LogP) is 2.19. The summed E-state index contributed by atoms with van der Waals surface area (Å²) < 4.78 is 29.2. The highest BCUT2D eigenvalue weighted by molar-refractivity contribution is 7.90. The monoisotopic (exact) mass is 448 g/mol. The largest absolute Gasteiger partial charge is 0.349 e. The SMILES string of the molecule is O=C(CCCCCN=C1NS(=O)(=O)c2ccccc21)NCc1n[nH]c(=S)n1C1CC1. The molecular weight excluding hydrogens is 424 g/mol. The number of unbranched alkanes of at least 4 members (excludes halogenated alkanes) is 2. The van der Waals surface area contributed by atoms with Crippen molar-refractivity contribution in [1.82, 2.24) is 24.8 Å². The van der Waals surface area contributed by atoms with Crippen LogP contribution in [0.3, 0.4) is 0 Å². The van der Waals surface area contributed by atoms with Gasteiger partial charge in [-0.2, -0.15) is 5.10 Å². The molecule has 2 aliphatic rings. The molecule has 1 saturated carbocycles. The summed E-state index contributed by atoms with van der Waals surface area (Å²) >= 11 is 5.24. The van der Waals surface area contributed by atoms with Crippen molar-refractivity contribution in [3.8, 4) is 0 Å². The maximum Gasteiger partial charge on any atom is 0.263 e. The topological polar surface area (TPSA) is 121 Å².